The van der Waals surface area contributed by atoms with E-state index in [-0.39, 0.29) is 17.4 Å². The van der Waals surface area contributed by atoms with Crippen molar-refractivity contribution in [2.45, 2.75) is 26.3 Å². The van der Waals surface area contributed by atoms with E-state index in [4.69, 9.17) is 0 Å². The summed E-state index contributed by atoms with van der Waals surface area (Å²) in [6.07, 6.45) is 0.800. The number of amides is 2. The molecule has 2 amide bonds. The first-order chi connectivity index (χ1) is 12.0. The molecular formula is C20H21FN2O2. The highest BCUT2D eigenvalue weighted by molar-refractivity contribution is 6.03. The number of benzene rings is 2. The molecule has 1 atom stereocenters. The van der Waals surface area contributed by atoms with Gasteiger partial charge in [0.05, 0.1) is 5.56 Å². The molecule has 0 saturated heterocycles. The molecule has 0 aromatic heterocycles. The molecule has 1 heterocycles. The average Bonchev–Trinajstić information content (AvgIpc) is 3.03. The van der Waals surface area contributed by atoms with E-state index in [9.17, 15) is 14.0 Å². The maximum Gasteiger partial charge on any atom is 0.254 e. The lowest BCUT2D eigenvalue weighted by Crippen LogP contribution is -2.51. The number of carbonyl (C=O) groups is 2. The lowest BCUT2D eigenvalue weighted by molar-refractivity contribution is -0.121. The van der Waals surface area contributed by atoms with Crippen molar-refractivity contribution in [1.29, 1.82) is 0 Å². The van der Waals surface area contributed by atoms with Gasteiger partial charge in [0.2, 0.25) is 5.91 Å². The minimum atomic E-state index is -0.710. The van der Waals surface area contributed by atoms with Gasteiger partial charge in [0.1, 0.15) is 11.9 Å². The molecule has 4 nitrogen and oxygen atoms in total. The number of nitrogens with one attached hydrogen (secondary N) is 1. The highest BCUT2D eigenvalue weighted by Gasteiger charge is 2.33. The summed E-state index contributed by atoms with van der Waals surface area (Å²) in [5.41, 5.74) is 1.96. The zero-order valence-electron chi connectivity index (χ0n) is 14.3. The lowest BCUT2D eigenvalue weighted by atomic mass is 10.0. The molecule has 0 aliphatic carbocycles. The molecule has 3 rings (SSSR count). The van der Waals surface area contributed by atoms with Crippen LogP contribution < -0.4 is 10.2 Å². The van der Waals surface area contributed by atoms with E-state index in [0.29, 0.717) is 6.54 Å². The molecule has 0 saturated carbocycles. The third-order valence-corrected chi connectivity index (χ3v) is 4.49. The third kappa shape index (κ3) is 3.40. The van der Waals surface area contributed by atoms with Gasteiger partial charge in [-0.15, -0.1) is 0 Å². The summed E-state index contributed by atoms with van der Waals surface area (Å²) in [6, 6.07) is 12.8. The number of para-hydroxylation sites is 1. The van der Waals surface area contributed by atoms with E-state index in [1.807, 2.05) is 38.1 Å². The van der Waals surface area contributed by atoms with Crippen LogP contribution in [0.15, 0.2) is 48.5 Å². The molecule has 1 aliphatic rings. The largest absolute Gasteiger partial charge is 0.340 e. The quantitative estimate of drug-likeness (QED) is 0.929. The number of nitrogens with zero attached hydrogens (tertiary/aromatic N) is 1. The minimum absolute atomic E-state index is 0.0530. The molecule has 1 unspecified atom stereocenters. The summed E-state index contributed by atoms with van der Waals surface area (Å²) in [4.78, 5) is 27.2. The monoisotopic (exact) mass is 340 g/mol. The Bertz CT molecular complexity index is 804. The van der Waals surface area contributed by atoms with E-state index in [1.54, 1.807) is 11.0 Å². The zero-order chi connectivity index (χ0) is 18.0. The number of hydrogen-bond acceptors (Lipinski definition) is 2. The van der Waals surface area contributed by atoms with Gasteiger partial charge >= 0.3 is 0 Å². The maximum absolute atomic E-state index is 13.8. The fraction of sp³-hybridized carbons (Fsp3) is 0.300. The fourth-order valence-electron chi connectivity index (χ4n) is 3.11. The van der Waals surface area contributed by atoms with E-state index in [0.717, 1.165) is 17.7 Å². The molecule has 0 spiro atoms. The van der Waals surface area contributed by atoms with Crippen LogP contribution in [-0.2, 0) is 11.2 Å². The van der Waals surface area contributed by atoms with Crippen LogP contribution in [0, 0.1) is 11.7 Å². The summed E-state index contributed by atoms with van der Waals surface area (Å²) < 4.78 is 13.8. The first-order valence-corrected chi connectivity index (χ1v) is 8.43. The van der Waals surface area contributed by atoms with Crippen molar-refractivity contribution in [3.8, 4) is 0 Å². The van der Waals surface area contributed by atoms with E-state index in [1.165, 1.54) is 18.2 Å². The second-order valence-corrected chi connectivity index (χ2v) is 6.54. The maximum atomic E-state index is 13.8. The van der Waals surface area contributed by atoms with Gasteiger partial charge in [0.15, 0.2) is 0 Å². The average molecular weight is 340 g/mol. The van der Waals surface area contributed by atoms with Crippen molar-refractivity contribution in [1.82, 2.24) is 5.32 Å². The van der Waals surface area contributed by atoms with Crippen LogP contribution in [0.5, 0.6) is 0 Å². The van der Waals surface area contributed by atoms with Crippen LogP contribution in [0.4, 0.5) is 10.1 Å². The van der Waals surface area contributed by atoms with Crippen molar-refractivity contribution in [3.05, 3.63) is 65.5 Å². The van der Waals surface area contributed by atoms with Gasteiger partial charge in [-0.25, -0.2) is 4.39 Å². The number of anilines is 1. The molecule has 0 radical (unpaired) electrons. The molecule has 0 bridgehead atoms. The number of hydrogen-bond donors (Lipinski definition) is 1. The van der Waals surface area contributed by atoms with Crippen LogP contribution in [0.1, 0.15) is 29.8 Å². The molecule has 1 N–H and O–H groups in total. The summed E-state index contributed by atoms with van der Waals surface area (Å²) >= 11 is 0. The summed E-state index contributed by atoms with van der Waals surface area (Å²) in [6.45, 7) is 4.33. The molecule has 2 aromatic rings. The van der Waals surface area contributed by atoms with Crippen LogP contribution in [0.2, 0.25) is 0 Å². The summed E-state index contributed by atoms with van der Waals surface area (Å²) in [5.74, 6) is -1.44. The topological polar surface area (TPSA) is 49.4 Å². The first kappa shape index (κ1) is 17.1. The van der Waals surface area contributed by atoms with Crippen LogP contribution in [0.3, 0.4) is 0 Å². The molecule has 1 aliphatic heterocycles. The normalized spacial score (nSPS) is 14.3. The first-order valence-electron chi connectivity index (χ1n) is 8.43. The Kier molecular flexibility index (Phi) is 4.83. The smallest absolute Gasteiger partial charge is 0.254 e. The standard InChI is InChI=1S/C20H21FN2O2/c1-13(2)18(22-19(24)15-8-4-5-9-16(15)21)20(25)23-12-11-14-7-3-6-10-17(14)23/h3-10,13,18H,11-12H2,1-2H3,(H,22,24). The fourth-order valence-corrected chi connectivity index (χ4v) is 3.11. The van der Waals surface area contributed by atoms with Gasteiger partial charge in [0.25, 0.3) is 5.91 Å². The van der Waals surface area contributed by atoms with Gasteiger partial charge in [-0.3, -0.25) is 9.59 Å². The predicted molar refractivity (Wildman–Crippen MR) is 95.0 cm³/mol. The van der Waals surface area contributed by atoms with E-state index < -0.39 is 17.8 Å². The van der Waals surface area contributed by atoms with Gasteiger partial charge in [-0.2, -0.15) is 0 Å². The van der Waals surface area contributed by atoms with Crippen molar-refractivity contribution in [2.75, 3.05) is 11.4 Å². The van der Waals surface area contributed by atoms with Crippen molar-refractivity contribution < 1.29 is 14.0 Å². The van der Waals surface area contributed by atoms with Gasteiger partial charge in [-0.1, -0.05) is 44.2 Å². The number of fused-ring (bicyclic) bond motifs is 1. The van der Waals surface area contributed by atoms with E-state index in [2.05, 4.69) is 5.32 Å². The highest BCUT2D eigenvalue weighted by Crippen LogP contribution is 2.28. The predicted octanol–water partition coefficient (Wildman–Crippen LogP) is 3.17. The molecule has 2 aromatic carbocycles. The van der Waals surface area contributed by atoms with Crippen LogP contribution in [-0.4, -0.2) is 24.4 Å². The summed E-state index contributed by atoms with van der Waals surface area (Å²) in [7, 11) is 0. The SMILES string of the molecule is CC(C)C(NC(=O)c1ccccc1F)C(=O)N1CCc2ccccc21. The van der Waals surface area contributed by atoms with Crippen molar-refractivity contribution in [2.24, 2.45) is 5.92 Å². The van der Waals surface area contributed by atoms with Gasteiger partial charge < -0.3 is 10.2 Å². The highest BCUT2D eigenvalue weighted by atomic mass is 19.1. The molecule has 5 heteroatoms. The Balaban J connectivity index is 1.81. The lowest BCUT2D eigenvalue weighted by Gasteiger charge is -2.27. The summed E-state index contributed by atoms with van der Waals surface area (Å²) in [5, 5.41) is 2.71. The minimum Gasteiger partial charge on any atom is -0.340 e. The van der Waals surface area contributed by atoms with Gasteiger partial charge in [0, 0.05) is 12.2 Å². The van der Waals surface area contributed by atoms with Gasteiger partial charge in [-0.05, 0) is 36.1 Å². The van der Waals surface area contributed by atoms with Crippen LogP contribution >= 0.6 is 0 Å². The molecule has 25 heavy (non-hydrogen) atoms. The Labute approximate surface area is 146 Å². The second kappa shape index (κ2) is 7.05. The molecule has 130 valence electrons. The number of halogens is 1. The Morgan fingerprint density at radius 3 is 2.48 bits per heavy atom. The van der Waals surface area contributed by atoms with Crippen molar-refractivity contribution in [3.63, 3.8) is 0 Å². The molecular weight excluding hydrogens is 319 g/mol. The van der Waals surface area contributed by atoms with E-state index >= 15 is 0 Å². The second-order valence-electron chi connectivity index (χ2n) is 6.54. The third-order valence-electron chi connectivity index (χ3n) is 4.49. The Morgan fingerprint density at radius 2 is 1.76 bits per heavy atom. The zero-order valence-corrected chi connectivity index (χ0v) is 14.3. The Morgan fingerprint density at radius 1 is 1.08 bits per heavy atom. The van der Waals surface area contributed by atoms with Crippen molar-refractivity contribution >= 4 is 17.5 Å². The number of carbonyl (C=O) groups excluding carboxylic acids is 2. The number of rotatable bonds is 4. The molecule has 0 fully saturated rings. The van der Waals surface area contributed by atoms with Crippen LogP contribution in [0.25, 0.3) is 0 Å². The Hall–Kier alpha value is -2.69.